The van der Waals surface area contributed by atoms with E-state index in [4.69, 9.17) is 14.2 Å². The molecule has 2 N–H and O–H groups in total. The van der Waals surface area contributed by atoms with E-state index in [-0.39, 0.29) is 13.4 Å². The van der Waals surface area contributed by atoms with Crippen LogP contribution in [0, 0.1) is 0 Å². The molecular weight excluding hydrogens is 472 g/mol. The molecule has 2 aliphatic heterocycles. The van der Waals surface area contributed by atoms with E-state index >= 15 is 0 Å². The highest BCUT2D eigenvalue weighted by Crippen LogP contribution is 2.41. The number of allylic oxidation sites excluding steroid dienone is 1. The van der Waals surface area contributed by atoms with Gasteiger partial charge in [-0.3, -0.25) is 0 Å². The largest absolute Gasteiger partial charge is 0.461 e. The fraction of sp³-hybridized carbons (Fsp3) is 0.238. The van der Waals surface area contributed by atoms with Crippen LogP contribution in [0.2, 0.25) is 0 Å². The maximum atomic E-state index is 12.9. The number of halogens is 1. The molecule has 7 nitrogen and oxygen atoms in total. The second-order valence-corrected chi connectivity index (χ2v) is 8.62. The Balaban J connectivity index is 1.50. The van der Waals surface area contributed by atoms with Crippen molar-refractivity contribution in [3.8, 4) is 11.5 Å². The third-order valence-electron chi connectivity index (χ3n) is 4.62. The van der Waals surface area contributed by atoms with E-state index in [1.165, 1.54) is 0 Å². The number of rotatable bonds is 6. The number of esters is 1. The third kappa shape index (κ3) is 4.41. The number of benzene rings is 2. The Bertz CT molecular complexity index is 1010. The van der Waals surface area contributed by atoms with E-state index in [0.717, 1.165) is 4.90 Å². The fourth-order valence-electron chi connectivity index (χ4n) is 3.24. The van der Waals surface area contributed by atoms with Crippen molar-refractivity contribution in [3.63, 3.8) is 0 Å². The molecule has 2 aromatic rings. The zero-order chi connectivity index (χ0) is 21.1. The molecule has 0 saturated heterocycles. The molecule has 2 heterocycles. The van der Waals surface area contributed by atoms with Crippen LogP contribution in [0.15, 0.2) is 63.1 Å². The molecule has 4 rings (SSSR count). The van der Waals surface area contributed by atoms with Crippen molar-refractivity contribution >= 4 is 39.7 Å². The smallest absolute Gasteiger partial charge is 0.338 e. The van der Waals surface area contributed by atoms with Crippen molar-refractivity contribution < 1.29 is 23.8 Å². The predicted molar refractivity (Wildman–Crippen MR) is 115 cm³/mol. The maximum absolute atomic E-state index is 12.9. The summed E-state index contributed by atoms with van der Waals surface area (Å²) in [6, 6.07) is 12.3. The van der Waals surface area contributed by atoms with Crippen LogP contribution in [-0.2, 0) is 9.53 Å². The second-order valence-electron chi connectivity index (χ2n) is 6.59. The van der Waals surface area contributed by atoms with Gasteiger partial charge in [0, 0.05) is 20.8 Å². The van der Waals surface area contributed by atoms with E-state index in [1.54, 1.807) is 30.8 Å². The molecule has 2 aromatic carbocycles. The predicted octanol–water partition coefficient (Wildman–Crippen LogP) is 4.14. The average molecular weight is 491 g/mol. The highest BCUT2D eigenvalue weighted by molar-refractivity contribution is 9.10. The molecule has 156 valence electrons. The normalized spacial score (nSPS) is 17.4. The highest BCUT2D eigenvalue weighted by Gasteiger charge is 2.34. The van der Waals surface area contributed by atoms with Crippen molar-refractivity contribution in [1.29, 1.82) is 0 Å². The van der Waals surface area contributed by atoms with Crippen molar-refractivity contribution in [2.45, 2.75) is 17.9 Å². The first-order chi connectivity index (χ1) is 14.5. The SMILES string of the molecule is CC1=C(C(=O)OCCSc2ccccc2)[C@H](c2cc3c(cc2Br)OCO3)NC(=O)N1. The van der Waals surface area contributed by atoms with Gasteiger partial charge in [0.15, 0.2) is 11.5 Å². The monoisotopic (exact) mass is 490 g/mol. The maximum Gasteiger partial charge on any atom is 0.338 e. The first kappa shape index (κ1) is 20.6. The number of fused-ring (bicyclic) bond motifs is 1. The van der Waals surface area contributed by atoms with Crippen LogP contribution < -0.4 is 20.1 Å². The third-order valence-corrected chi connectivity index (χ3v) is 6.28. The summed E-state index contributed by atoms with van der Waals surface area (Å²) in [4.78, 5) is 26.1. The number of carbonyl (C=O) groups excluding carboxylic acids is 2. The van der Waals surface area contributed by atoms with Crippen LogP contribution in [0.4, 0.5) is 4.79 Å². The van der Waals surface area contributed by atoms with Gasteiger partial charge in [-0.15, -0.1) is 11.8 Å². The minimum Gasteiger partial charge on any atom is -0.461 e. The van der Waals surface area contributed by atoms with Gasteiger partial charge in [-0.25, -0.2) is 9.59 Å². The van der Waals surface area contributed by atoms with Crippen LogP contribution >= 0.6 is 27.7 Å². The Kier molecular flexibility index (Phi) is 6.19. The number of hydrogen-bond donors (Lipinski definition) is 2. The van der Waals surface area contributed by atoms with Gasteiger partial charge < -0.3 is 24.8 Å². The molecule has 0 aromatic heterocycles. The quantitative estimate of drug-likeness (QED) is 0.359. The van der Waals surface area contributed by atoms with Crippen LogP contribution in [0.25, 0.3) is 0 Å². The molecule has 0 saturated carbocycles. The fourth-order valence-corrected chi connectivity index (χ4v) is 4.54. The van der Waals surface area contributed by atoms with Crippen molar-refractivity contribution in [2.24, 2.45) is 0 Å². The summed E-state index contributed by atoms with van der Waals surface area (Å²) >= 11 is 5.11. The van der Waals surface area contributed by atoms with Crippen molar-refractivity contribution in [2.75, 3.05) is 19.2 Å². The topological polar surface area (TPSA) is 85.9 Å². The zero-order valence-electron chi connectivity index (χ0n) is 16.1. The minimum absolute atomic E-state index is 0.132. The van der Waals surface area contributed by atoms with Gasteiger partial charge in [0.25, 0.3) is 0 Å². The molecule has 9 heteroatoms. The van der Waals surface area contributed by atoms with E-state index < -0.39 is 18.0 Å². The molecule has 0 radical (unpaired) electrons. The van der Waals surface area contributed by atoms with Crippen LogP contribution in [0.3, 0.4) is 0 Å². The first-order valence-electron chi connectivity index (χ1n) is 9.25. The van der Waals surface area contributed by atoms with Crippen LogP contribution in [-0.4, -0.2) is 31.2 Å². The number of carbonyl (C=O) groups is 2. The van der Waals surface area contributed by atoms with Crippen LogP contribution in [0.5, 0.6) is 11.5 Å². The molecular formula is C21H19BrN2O5S. The Morgan fingerprint density at radius 3 is 2.73 bits per heavy atom. The van der Waals surface area contributed by atoms with E-state index in [9.17, 15) is 9.59 Å². The first-order valence-corrected chi connectivity index (χ1v) is 11.0. The van der Waals surface area contributed by atoms with Gasteiger partial charge in [0.2, 0.25) is 6.79 Å². The lowest BCUT2D eigenvalue weighted by atomic mass is 9.95. The van der Waals surface area contributed by atoms with E-state index in [2.05, 4.69) is 26.6 Å². The van der Waals surface area contributed by atoms with Crippen molar-refractivity contribution in [1.82, 2.24) is 10.6 Å². The highest BCUT2D eigenvalue weighted by atomic mass is 79.9. The zero-order valence-corrected chi connectivity index (χ0v) is 18.5. The summed E-state index contributed by atoms with van der Waals surface area (Å²) < 4.78 is 17.0. The summed E-state index contributed by atoms with van der Waals surface area (Å²) in [5.74, 6) is 1.31. The number of hydrogen-bond acceptors (Lipinski definition) is 6. The lowest BCUT2D eigenvalue weighted by molar-refractivity contribution is -0.138. The molecule has 2 amide bonds. The van der Waals surface area contributed by atoms with Gasteiger partial charge in [-0.1, -0.05) is 34.1 Å². The molecule has 30 heavy (non-hydrogen) atoms. The number of urea groups is 1. The molecule has 0 spiro atoms. The van der Waals surface area contributed by atoms with Crippen LogP contribution in [0.1, 0.15) is 18.5 Å². The van der Waals surface area contributed by atoms with Gasteiger partial charge in [0.1, 0.15) is 6.61 Å². The Morgan fingerprint density at radius 2 is 1.97 bits per heavy atom. The summed E-state index contributed by atoms with van der Waals surface area (Å²) in [5, 5.41) is 5.45. The molecule has 2 aliphatic rings. The van der Waals surface area contributed by atoms with Crippen molar-refractivity contribution in [3.05, 3.63) is 63.8 Å². The van der Waals surface area contributed by atoms with E-state index in [0.29, 0.717) is 38.6 Å². The molecule has 0 unspecified atom stereocenters. The molecule has 0 aliphatic carbocycles. The van der Waals surface area contributed by atoms with Gasteiger partial charge in [0.05, 0.1) is 11.6 Å². The number of nitrogens with one attached hydrogen (secondary N) is 2. The van der Waals surface area contributed by atoms with Gasteiger partial charge in [-0.2, -0.15) is 0 Å². The van der Waals surface area contributed by atoms with Gasteiger partial charge >= 0.3 is 12.0 Å². The van der Waals surface area contributed by atoms with E-state index in [1.807, 2.05) is 30.3 Å². The lowest BCUT2D eigenvalue weighted by Gasteiger charge is -2.28. The minimum atomic E-state index is -0.683. The molecule has 0 fully saturated rings. The number of amides is 2. The number of thioether (sulfide) groups is 1. The molecule has 0 bridgehead atoms. The Labute approximate surface area is 186 Å². The lowest BCUT2D eigenvalue weighted by Crippen LogP contribution is -2.45. The Hall–Kier alpha value is -2.65. The average Bonchev–Trinajstić information content (AvgIpc) is 3.18. The summed E-state index contributed by atoms with van der Waals surface area (Å²) in [7, 11) is 0. The standard InChI is InChI=1S/C21H19BrN2O5S/c1-12-18(20(25)27-7-8-30-13-5-3-2-4-6-13)19(24-21(26)23-12)14-9-16-17(10-15(14)22)29-11-28-16/h2-6,9-10,19H,7-8,11H2,1H3,(H2,23,24,26)/t19-/m0/s1. The van der Waals surface area contributed by atoms with Gasteiger partial charge in [-0.05, 0) is 36.8 Å². The number of ether oxygens (including phenoxy) is 3. The summed E-state index contributed by atoms with van der Waals surface area (Å²) in [6.45, 7) is 2.06. The Morgan fingerprint density at radius 1 is 1.23 bits per heavy atom. The molecule has 1 atom stereocenters. The summed E-state index contributed by atoms with van der Waals surface area (Å²) in [5.41, 5.74) is 1.48. The second kappa shape index (κ2) is 9.01. The summed E-state index contributed by atoms with van der Waals surface area (Å²) in [6.07, 6.45) is 0.